The van der Waals surface area contributed by atoms with Gasteiger partial charge < -0.3 is 20.6 Å². The van der Waals surface area contributed by atoms with Gasteiger partial charge in [0, 0.05) is 26.3 Å². The highest BCUT2D eigenvalue weighted by atomic mass is 16.3. The Balaban J connectivity index is 2.28. The second kappa shape index (κ2) is 5.40. The standard InChI is InChI=1S/C14H19N3O3/c1-16(2)14(20)12-4-3-7-17(12)13(19)10-8-9(18)5-6-11(10)15/h5-6,8,12,18H,3-4,7,15H2,1-2H3. The van der Waals surface area contributed by atoms with Crippen LogP contribution in [-0.2, 0) is 4.79 Å². The summed E-state index contributed by atoms with van der Waals surface area (Å²) in [6.07, 6.45) is 1.44. The zero-order valence-electron chi connectivity index (χ0n) is 11.7. The van der Waals surface area contributed by atoms with E-state index in [1.54, 1.807) is 14.1 Å². The molecule has 2 amide bonds. The summed E-state index contributed by atoms with van der Waals surface area (Å²) in [6, 6.07) is 3.81. The van der Waals surface area contributed by atoms with Crippen molar-refractivity contribution in [2.75, 3.05) is 26.4 Å². The topological polar surface area (TPSA) is 86.9 Å². The van der Waals surface area contributed by atoms with E-state index in [1.165, 1.54) is 28.0 Å². The number of nitrogens with zero attached hydrogens (tertiary/aromatic N) is 2. The van der Waals surface area contributed by atoms with Crippen molar-refractivity contribution in [1.29, 1.82) is 0 Å². The lowest BCUT2D eigenvalue weighted by atomic mass is 10.1. The molecule has 1 saturated heterocycles. The van der Waals surface area contributed by atoms with Crippen molar-refractivity contribution in [3.63, 3.8) is 0 Å². The van der Waals surface area contributed by atoms with Crippen LogP contribution in [0.25, 0.3) is 0 Å². The fraction of sp³-hybridized carbons (Fsp3) is 0.429. The van der Waals surface area contributed by atoms with Crippen LogP contribution in [0.3, 0.4) is 0 Å². The van der Waals surface area contributed by atoms with Crippen molar-refractivity contribution < 1.29 is 14.7 Å². The van der Waals surface area contributed by atoms with E-state index in [9.17, 15) is 14.7 Å². The van der Waals surface area contributed by atoms with Crippen molar-refractivity contribution in [3.8, 4) is 5.75 Å². The minimum atomic E-state index is -0.445. The number of aromatic hydroxyl groups is 1. The number of anilines is 1. The maximum atomic E-state index is 12.5. The Morgan fingerprint density at radius 2 is 2.10 bits per heavy atom. The van der Waals surface area contributed by atoms with Crippen LogP contribution in [0, 0.1) is 0 Å². The first-order chi connectivity index (χ1) is 9.41. The minimum absolute atomic E-state index is 0.0165. The van der Waals surface area contributed by atoms with Crippen molar-refractivity contribution >= 4 is 17.5 Å². The monoisotopic (exact) mass is 277 g/mol. The van der Waals surface area contributed by atoms with Gasteiger partial charge in [0.1, 0.15) is 11.8 Å². The molecule has 108 valence electrons. The van der Waals surface area contributed by atoms with E-state index in [0.717, 1.165) is 6.42 Å². The smallest absolute Gasteiger partial charge is 0.256 e. The Labute approximate surface area is 117 Å². The fourth-order valence-corrected chi connectivity index (χ4v) is 2.45. The third-order valence-electron chi connectivity index (χ3n) is 3.51. The molecule has 6 heteroatoms. The number of nitrogens with two attached hydrogens (primary N) is 1. The Morgan fingerprint density at radius 1 is 1.40 bits per heavy atom. The Hall–Kier alpha value is -2.24. The number of phenols is 1. The van der Waals surface area contributed by atoms with Crippen LogP contribution in [-0.4, -0.2) is 53.4 Å². The molecule has 1 aromatic rings. The van der Waals surface area contributed by atoms with Gasteiger partial charge in [0.2, 0.25) is 5.91 Å². The molecule has 1 aliphatic heterocycles. The van der Waals surface area contributed by atoms with Crippen molar-refractivity contribution in [2.24, 2.45) is 0 Å². The summed E-state index contributed by atoms with van der Waals surface area (Å²) >= 11 is 0. The molecule has 20 heavy (non-hydrogen) atoms. The molecule has 3 N–H and O–H groups in total. The lowest BCUT2D eigenvalue weighted by Crippen LogP contribution is -2.45. The van der Waals surface area contributed by atoms with Crippen molar-refractivity contribution in [2.45, 2.75) is 18.9 Å². The average molecular weight is 277 g/mol. The quantitative estimate of drug-likeness (QED) is 0.614. The molecule has 0 saturated carbocycles. The molecule has 0 aliphatic carbocycles. The lowest BCUT2D eigenvalue weighted by molar-refractivity contribution is -0.132. The van der Waals surface area contributed by atoms with Crippen LogP contribution in [0.4, 0.5) is 5.69 Å². The molecule has 1 atom stereocenters. The predicted octanol–water partition coefficient (Wildman–Crippen LogP) is 0.667. The number of likely N-dealkylation sites (N-methyl/N-ethyl adjacent to an activating group) is 1. The molecule has 1 aromatic carbocycles. The van der Waals surface area contributed by atoms with Crippen LogP contribution in [0.1, 0.15) is 23.2 Å². The SMILES string of the molecule is CN(C)C(=O)C1CCCN1C(=O)c1cc(O)ccc1N. The maximum absolute atomic E-state index is 12.5. The van der Waals surface area contributed by atoms with Crippen LogP contribution in [0.2, 0.25) is 0 Å². The average Bonchev–Trinajstić information content (AvgIpc) is 2.88. The highest BCUT2D eigenvalue weighted by Crippen LogP contribution is 2.25. The summed E-state index contributed by atoms with van der Waals surface area (Å²) in [5.41, 5.74) is 6.33. The van der Waals surface area contributed by atoms with E-state index >= 15 is 0 Å². The van der Waals surface area contributed by atoms with Gasteiger partial charge in [-0.25, -0.2) is 0 Å². The molecule has 1 aliphatic rings. The number of likely N-dealkylation sites (tertiary alicyclic amines) is 1. The molecule has 2 rings (SSSR count). The summed E-state index contributed by atoms with van der Waals surface area (Å²) in [6.45, 7) is 0.526. The van der Waals surface area contributed by atoms with Gasteiger partial charge in [-0.05, 0) is 31.0 Å². The molecular formula is C14H19N3O3. The highest BCUT2D eigenvalue weighted by Gasteiger charge is 2.35. The minimum Gasteiger partial charge on any atom is -0.508 e. The van der Waals surface area contributed by atoms with E-state index in [-0.39, 0.29) is 23.1 Å². The predicted molar refractivity (Wildman–Crippen MR) is 75.3 cm³/mol. The number of carbonyl (C=O) groups excluding carboxylic acids is 2. The first-order valence-electron chi connectivity index (χ1n) is 6.52. The van der Waals surface area contributed by atoms with Gasteiger partial charge in [0.25, 0.3) is 5.91 Å². The summed E-state index contributed by atoms with van der Waals surface area (Å²) in [4.78, 5) is 27.6. The molecule has 0 radical (unpaired) electrons. The van der Waals surface area contributed by atoms with Crippen LogP contribution >= 0.6 is 0 Å². The summed E-state index contributed by atoms with van der Waals surface area (Å²) in [5.74, 6) is -0.414. The molecule has 1 fully saturated rings. The largest absolute Gasteiger partial charge is 0.508 e. The first-order valence-corrected chi connectivity index (χ1v) is 6.52. The van der Waals surface area contributed by atoms with Gasteiger partial charge in [0.15, 0.2) is 0 Å². The zero-order chi connectivity index (χ0) is 14.9. The number of hydrogen-bond acceptors (Lipinski definition) is 4. The van der Waals surface area contributed by atoms with Crippen LogP contribution in [0.5, 0.6) is 5.75 Å². The highest BCUT2D eigenvalue weighted by molar-refractivity contribution is 6.02. The summed E-state index contributed by atoms with van der Waals surface area (Å²) in [7, 11) is 3.35. The number of phenolic OH excluding ortho intramolecular Hbond substituents is 1. The second-order valence-corrected chi connectivity index (χ2v) is 5.16. The van der Waals surface area contributed by atoms with Gasteiger partial charge in [0.05, 0.1) is 5.56 Å². The van der Waals surface area contributed by atoms with E-state index in [1.807, 2.05) is 0 Å². The van der Waals surface area contributed by atoms with E-state index in [2.05, 4.69) is 0 Å². The van der Waals surface area contributed by atoms with E-state index < -0.39 is 6.04 Å². The number of amides is 2. The van der Waals surface area contributed by atoms with Crippen molar-refractivity contribution in [1.82, 2.24) is 9.80 Å². The Morgan fingerprint density at radius 3 is 2.75 bits per heavy atom. The normalized spacial score (nSPS) is 18.1. The third-order valence-corrected chi connectivity index (χ3v) is 3.51. The van der Waals surface area contributed by atoms with Gasteiger partial charge in [-0.2, -0.15) is 0 Å². The lowest BCUT2D eigenvalue weighted by Gasteiger charge is -2.26. The second-order valence-electron chi connectivity index (χ2n) is 5.16. The number of rotatable bonds is 2. The van der Waals surface area contributed by atoms with Gasteiger partial charge in [-0.15, -0.1) is 0 Å². The number of nitrogen functional groups attached to an aromatic ring is 1. The van der Waals surface area contributed by atoms with Gasteiger partial charge in [-0.3, -0.25) is 9.59 Å². The van der Waals surface area contributed by atoms with Crippen LogP contribution < -0.4 is 5.73 Å². The van der Waals surface area contributed by atoms with Crippen LogP contribution in [0.15, 0.2) is 18.2 Å². The molecule has 1 heterocycles. The van der Waals surface area contributed by atoms with Gasteiger partial charge in [-0.1, -0.05) is 0 Å². The Bertz CT molecular complexity index is 542. The number of benzene rings is 1. The molecule has 0 spiro atoms. The molecule has 1 unspecified atom stereocenters. The number of carbonyl (C=O) groups is 2. The van der Waals surface area contributed by atoms with Gasteiger partial charge >= 0.3 is 0 Å². The zero-order valence-corrected chi connectivity index (χ0v) is 11.7. The number of hydrogen-bond donors (Lipinski definition) is 2. The summed E-state index contributed by atoms with van der Waals surface area (Å²) in [5, 5.41) is 9.49. The first kappa shape index (κ1) is 14.2. The summed E-state index contributed by atoms with van der Waals surface area (Å²) < 4.78 is 0. The maximum Gasteiger partial charge on any atom is 0.256 e. The third kappa shape index (κ3) is 2.54. The fourth-order valence-electron chi connectivity index (χ4n) is 2.45. The Kier molecular flexibility index (Phi) is 3.83. The van der Waals surface area contributed by atoms with E-state index in [4.69, 9.17) is 5.73 Å². The molecule has 0 aromatic heterocycles. The molecular weight excluding hydrogens is 258 g/mol. The van der Waals surface area contributed by atoms with Crippen molar-refractivity contribution in [3.05, 3.63) is 23.8 Å². The molecule has 6 nitrogen and oxygen atoms in total. The molecule has 0 bridgehead atoms. The van der Waals surface area contributed by atoms with E-state index in [0.29, 0.717) is 18.7 Å².